The van der Waals surface area contributed by atoms with E-state index in [-0.39, 0.29) is 24.5 Å². The SMILES string of the molecule is CCCCCCCCCCCC(=O)OC[C@H](CSC[C@@H](N)C(=O)NCCOCCOCCN)OC(=O)CCCCCCCCCCC. The lowest BCUT2D eigenvalue weighted by molar-refractivity contribution is -0.157. The molecule has 10 nitrogen and oxygen atoms in total. The van der Waals surface area contributed by atoms with Gasteiger partial charge in [0.05, 0.1) is 32.5 Å². The van der Waals surface area contributed by atoms with Gasteiger partial charge in [-0.2, -0.15) is 11.8 Å². The van der Waals surface area contributed by atoms with Crippen LogP contribution in [0.15, 0.2) is 0 Å². The van der Waals surface area contributed by atoms with Gasteiger partial charge >= 0.3 is 11.9 Å². The fourth-order valence-electron chi connectivity index (χ4n) is 4.96. The predicted octanol–water partition coefficient (Wildman–Crippen LogP) is 6.45. The van der Waals surface area contributed by atoms with E-state index in [0.717, 1.165) is 38.5 Å². The molecule has 0 aliphatic rings. The number of nitrogens with two attached hydrogens (primary N) is 2. The minimum absolute atomic E-state index is 0.0144. The first-order valence-corrected chi connectivity index (χ1v) is 19.9. The van der Waals surface area contributed by atoms with E-state index in [9.17, 15) is 14.4 Å². The van der Waals surface area contributed by atoms with Crippen LogP contribution in [-0.4, -0.2) is 87.6 Å². The van der Waals surface area contributed by atoms with Crippen molar-refractivity contribution in [2.45, 2.75) is 154 Å². The normalized spacial score (nSPS) is 12.5. The molecule has 0 unspecified atom stereocenters. The molecule has 0 fully saturated rings. The van der Waals surface area contributed by atoms with Gasteiger partial charge in [-0.1, -0.05) is 117 Å². The van der Waals surface area contributed by atoms with Crippen LogP contribution in [0.1, 0.15) is 142 Å². The Balaban J connectivity index is 4.44. The number of unbranched alkanes of at least 4 members (excludes halogenated alkanes) is 16. The second kappa shape index (κ2) is 35.9. The van der Waals surface area contributed by atoms with Crippen LogP contribution in [0.4, 0.5) is 0 Å². The van der Waals surface area contributed by atoms with Crippen molar-refractivity contribution in [3.8, 4) is 0 Å². The smallest absolute Gasteiger partial charge is 0.306 e. The number of nitrogens with one attached hydrogen (secondary N) is 1. The third kappa shape index (κ3) is 32.9. The van der Waals surface area contributed by atoms with E-state index in [1.165, 1.54) is 88.8 Å². The summed E-state index contributed by atoms with van der Waals surface area (Å²) in [7, 11) is 0. The van der Waals surface area contributed by atoms with Crippen LogP contribution in [0.2, 0.25) is 0 Å². The third-order valence-electron chi connectivity index (χ3n) is 7.81. The molecule has 0 bridgehead atoms. The Bertz CT molecular complexity index is 733. The number of amides is 1. The van der Waals surface area contributed by atoms with Crippen molar-refractivity contribution in [1.29, 1.82) is 0 Å². The van der Waals surface area contributed by atoms with E-state index in [1.54, 1.807) is 0 Å². The molecular formula is C36H71N3O7S. The van der Waals surface area contributed by atoms with Gasteiger partial charge in [0.2, 0.25) is 5.91 Å². The summed E-state index contributed by atoms with van der Waals surface area (Å²) in [5, 5.41) is 2.77. The van der Waals surface area contributed by atoms with Crippen molar-refractivity contribution < 1.29 is 33.3 Å². The zero-order valence-corrected chi connectivity index (χ0v) is 30.9. The highest BCUT2D eigenvalue weighted by atomic mass is 32.2. The van der Waals surface area contributed by atoms with E-state index >= 15 is 0 Å². The fraction of sp³-hybridized carbons (Fsp3) is 0.917. The van der Waals surface area contributed by atoms with E-state index in [2.05, 4.69) is 19.2 Å². The zero-order chi connectivity index (χ0) is 34.6. The monoisotopic (exact) mass is 690 g/mol. The van der Waals surface area contributed by atoms with Crippen molar-refractivity contribution in [3.05, 3.63) is 0 Å². The highest BCUT2D eigenvalue weighted by molar-refractivity contribution is 7.99. The summed E-state index contributed by atoms with van der Waals surface area (Å²) in [5.41, 5.74) is 11.5. The second-order valence-electron chi connectivity index (χ2n) is 12.4. The average Bonchev–Trinajstić information content (AvgIpc) is 3.06. The molecule has 0 aliphatic carbocycles. The first-order chi connectivity index (χ1) is 22.9. The Morgan fingerprint density at radius 2 is 1.13 bits per heavy atom. The van der Waals surface area contributed by atoms with Crippen molar-refractivity contribution in [2.75, 3.05) is 57.6 Å². The number of carbonyl (C=O) groups is 3. The number of thioether (sulfide) groups is 1. The number of carbonyl (C=O) groups excluding carboxylic acids is 3. The molecule has 5 N–H and O–H groups in total. The molecule has 0 aromatic rings. The first-order valence-electron chi connectivity index (χ1n) is 18.8. The summed E-state index contributed by atoms with van der Waals surface area (Å²) in [6.45, 7) is 7.03. The Morgan fingerprint density at radius 1 is 0.638 bits per heavy atom. The summed E-state index contributed by atoms with van der Waals surface area (Å²) >= 11 is 1.41. The molecule has 11 heteroatoms. The molecule has 0 aliphatic heterocycles. The molecule has 278 valence electrons. The quantitative estimate of drug-likeness (QED) is 0.0494. The third-order valence-corrected chi connectivity index (χ3v) is 9.02. The Morgan fingerprint density at radius 3 is 1.66 bits per heavy atom. The van der Waals surface area contributed by atoms with Gasteiger partial charge in [-0.25, -0.2) is 0 Å². The standard InChI is InChI=1S/C36H71N3O7S/c1-3-5-7-9-11-13-15-17-19-21-34(40)45-29-32(46-35(41)22-20-18-16-14-12-10-8-6-4-2)30-47-31-33(38)36(42)39-24-26-44-28-27-43-25-23-37/h32-33H,3-31,37-38H2,1-2H3,(H,39,42)/t32-,33-/m1/s1. The highest BCUT2D eigenvalue weighted by Crippen LogP contribution is 2.14. The van der Waals surface area contributed by atoms with Crippen molar-refractivity contribution in [2.24, 2.45) is 11.5 Å². The first kappa shape index (κ1) is 45.6. The number of rotatable bonds is 36. The van der Waals surface area contributed by atoms with Crippen LogP contribution in [-0.2, 0) is 33.3 Å². The maximum atomic E-state index is 12.6. The molecule has 47 heavy (non-hydrogen) atoms. The molecule has 0 aromatic heterocycles. The highest BCUT2D eigenvalue weighted by Gasteiger charge is 2.19. The number of esters is 2. The van der Waals surface area contributed by atoms with Crippen LogP contribution in [0.5, 0.6) is 0 Å². The molecule has 0 saturated heterocycles. The van der Waals surface area contributed by atoms with E-state index < -0.39 is 12.1 Å². The summed E-state index contributed by atoms with van der Waals surface area (Å²) in [4.78, 5) is 37.4. The maximum Gasteiger partial charge on any atom is 0.306 e. The predicted molar refractivity (Wildman–Crippen MR) is 194 cm³/mol. The molecular weight excluding hydrogens is 618 g/mol. The number of hydrogen-bond donors (Lipinski definition) is 3. The Labute approximate surface area is 291 Å². The minimum Gasteiger partial charge on any atom is -0.462 e. The van der Waals surface area contributed by atoms with E-state index in [0.29, 0.717) is 63.9 Å². The number of ether oxygens (including phenoxy) is 4. The van der Waals surface area contributed by atoms with Crippen molar-refractivity contribution in [3.63, 3.8) is 0 Å². The van der Waals surface area contributed by atoms with Gasteiger partial charge in [0.25, 0.3) is 0 Å². The Hall–Kier alpha value is -1.40. The molecule has 2 atom stereocenters. The molecule has 0 saturated carbocycles. The summed E-state index contributed by atoms with van der Waals surface area (Å²) in [5.74, 6) is -0.0713. The van der Waals surface area contributed by atoms with Gasteiger partial charge in [-0.15, -0.1) is 0 Å². The van der Waals surface area contributed by atoms with Gasteiger partial charge in [0.15, 0.2) is 0 Å². The van der Waals surface area contributed by atoms with E-state index in [1.807, 2.05) is 0 Å². The average molecular weight is 690 g/mol. The van der Waals surface area contributed by atoms with Gasteiger partial charge in [-0.05, 0) is 12.8 Å². The summed E-state index contributed by atoms with van der Waals surface area (Å²) < 4.78 is 21.9. The molecule has 1 amide bonds. The maximum absolute atomic E-state index is 12.6. The lowest BCUT2D eigenvalue weighted by Gasteiger charge is -2.19. The zero-order valence-electron chi connectivity index (χ0n) is 30.1. The van der Waals surface area contributed by atoms with Gasteiger partial charge in [0.1, 0.15) is 12.7 Å². The largest absolute Gasteiger partial charge is 0.462 e. The van der Waals surface area contributed by atoms with Gasteiger partial charge in [-0.3, -0.25) is 14.4 Å². The lowest BCUT2D eigenvalue weighted by atomic mass is 10.1. The molecule has 0 spiro atoms. The number of hydrogen-bond acceptors (Lipinski definition) is 10. The van der Waals surface area contributed by atoms with Gasteiger partial charge in [0, 0.05) is 37.4 Å². The summed E-state index contributed by atoms with van der Waals surface area (Å²) in [6.07, 6.45) is 21.3. The summed E-state index contributed by atoms with van der Waals surface area (Å²) in [6, 6.07) is -0.722. The van der Waals surface area contributed by atoms with Crippen LogP contribution in [0.25, 0.3) is 0 Å². The van der Waals surface area contributed by atoms with Gasteiger partial charge < -0.3 is 35.7 Å². The topological polar surface area (TPSA) is 152 Å². The molecule has 0 radical (unpaired) electrons. The second-order valence-corrected chi connectivity index (χ2v) is 13.5. The van der Waals surface area contributed by atoms with Crippen molar-refractivity contribution in [1.82, 2.24) is 5.32 Å². The van der Waals surface area contributed by atoms with Crippen LogP contribution in [0.3, 0.4) is 0 Å². The molecule has 0 heterocycles. The minimum atomic E-state index is -0.722. The lowest BCUT2D eigenvalue weighted by Crippen LogP contribution is -2.43. The van der Waals surface area contributed by atoms with Crippen LogP contribution in [0, 0.1) is 0 Å². The fourth-order valence-corrected chi connectivity index (χ4v) is 5.93. The van der Waals surface area contributed by atoms with Crippen LogP contribution < -0.4 is 16.8 Å². The van der Waals surface area contributed by atoms with E-state index in [4.69, 9.17) is 30.4 Å². The molecule has 0 rings (SSSR count). The van der Waals surface area contributed by atoms with Crippen LogP contribution >= 0.6 is 11.8 Å². The van der Waals surface area contributed by atoms with Crippen molar-refractivity contribution >= 4 is 29.6 Å². The molecule has 0 aromatic carbocycles. The Kier molecular flexibility index (Phi) is 34.8.